The van der Waals surface area contributed by atoms with Gasteiger partial charge in [-0.25, -0.2) is 0 Å². The zero-order valence-electron chi connectivity index (χ0n) is 11.4. The zero-order valence-corrected chi connectivity index (χ0v) is 11.4. The van der Waals surface area contributed by atoms with E-state index in [1.807, 2.05) is 50.2 Å². The van der Waals surface area contributed by atoms with Crippen LogP contribution >= 0.6 is 0 Å². The first-order valence-corrected chi connectivity index (χ1v) is 5.98. The Kier molecular flexibility index (Phi) is 5.16. The molecule has 2 unspecified atom stereocenters. The van der Waals surface area contributed by atoms with Crippen LogP contribution in [0.2, 0.25) is 0 Å². The van der Waals surface area contributed by atoms with Gasteiger partial charge in [0.2, 0.25) is 0 Å². The minimum Gasteiger partial charge on any atom is -0.497 e. The third-order valence-corrected chi connectivity index (χ3v) is 3.03. The predicted molar refractivity (Wildman–Crippen MR) is 70.8 cm³/mol. The highest BCUT2D eigenvalue weighted by atomic mass is 16.5. The molecule has 0 aromatic heterocycles. The van der Waals surface area contributed by atoms with Gasteiger partial charge in [0.25, 0.3) is 0 Å². The Morgan fingerprint density at radius 3 is 2.61 bits per heavy atom. The second-order valence-electron chi connectivity index (χ2n) is 4.76. The summed E-state index contributed by atoms with van der Waals surface area (Å²) in [5.74, 6) is 0.0590. The Morgan fingerprint density at radius 1 is 1.44 bits per heavy atom. The maximum Gasteiger partial charge on any atom is 0.303 e. The fourth-order valence-corrected chi connectivity index (χ4v) is 2.35. The summed E-state index contributed by atoms with van der Waals surface area (Å²) in [4.78, 5) is 12.9. The summed E-state index contributed by atoms with van der Waals surface area (Å²) in [5, 5.41) is 8.92. The summed E-state index contributed by atoms with van der Waals surface area (Å²) in [5.41, 5.74) is 1.08. The van der Waals surface area contributed by atoms with Crippen molar-refractivity contribution in [1.82, 2.24) is 4.90 Å². The lowest BCUT2D eigenvalue weighted by Gasteiger charge is -2.30. The minimum atomic E-state index is -0.766. The second kappa shape index (κ2) is 6.40. The van der Waals surface area contributed by atoms with Crippen molar-refractivity contribution in [2.75, 3.05) is 21.2 Å². The van der Waals surface area contributed by atoms with Crippen LogP contribution in [0.15, 0.2) is 24.3 Å². The monoisotopic (exact) mass is 251 g/mol. The lowest BCUT2D eigenvalue weighted by Crippen LogP contribution is -2.27. The van der Waals surface area contributed by atoms with Crippen molar-refractivity contribution in [3.05, 3.63) is 29.8 Å². The maximum absolute atomic E-state index is 10.8. The average molecular weight is 251 g/mol. The Labute approximate surface area is 108 Å². The number of carboxylic acids is 1. The van der Waals surface area contributed by atoms with Gasteiger partial charge in [0.15, 0.2) is 0 Å². The second-order valence-corrected chi connectivity index (χ2v) is 4.76. The van der Waals surface area contributed by atoms with Crippen LogP contribution in [0.4, 0.5) is 0 Å². The summed E-state index contributed by atoms with van der Waals surface area (Å²) in [6.07, 6.45) is 0.153. The highest BCUT2D eigenvalue weighted by Gasteiger charge is 2.23. The van der Waals surface area contributed by atoms with Gasteiger partial charge >= 0.3 is 5.97 Å². The molecule has 0 aliphatic carbocycles. The summed E-state index contributed by atoms with van der Waals surface area (Å²) < 4.78 is 5.21. The molecule has 1 aromatic carbocycles. The summed E-state index contributed by atoms with van der Waals surface area (Å²) in [7, 11) is 5.55. The molecule has 0 bridgehead atoms. The number of hydrogen-bond acceptors (Lipinski definition) is 3. The number of rotatable bonds is 6. The number of carboxylic acid groups (broad SMARTS) is 1. The van der Waals surface area contributed by atoms with Crippen LogP contribution in [0, 0.1) is 5.92 Å². The molecule has 0 saturated carbocycles. The maximum atomic E-state index is 10.8. The van der Waals surface area contributed by atoms with E-state index in [2.05, 4.69) is 0 Å². The van der Waals surface area contributed by atoms with Crippen molar-refractivity contribution in [2.24, 2.45) is 5.92 Å². The Hall–Kier alpha value is -1.55. The van der Waals surface area contributed by atoms with Crippen LogP contribution < -0.4 is 4.74 Å². The molecular weight excluding hydrogens is 230 g/mol. The molecule has 0 radical (unpaired) electrons. The van der Waals surface area contributed by atoms with E-state index in [-0.39, 0.29) is 18.4 Å². The molecule has 0 saturated heterocycles. The van der Waals surface area contributed by atoms with Gasteiger partial charge in [-0.2, -0.15) is 0 Å². The van der Waals surface area contributed by atoms with E-state index in [0.717, 1.165) is 11.3 Å². The van der Waals surface area contributed by atoms with Gasteiger partial charge in [-0.15, -0.1) is 0 Å². The number of ether oxygens (including phenoxy) is 1. The van der Waals surface area contributed by atoms with Crippen molar-refractivity contribution < 1.29 is 14.6 Å². The van der Waals surface area contributed by atoms with Gasteiger partial charge in [0.1, 0.15) is 5.75 Å². The molecule has 1 aromatic rings. The molecule has 4 nitrogen and oxygen atoms in total. The van der Waals surface area contributed by atoms with Crippen LogP contribution in [0.25, 0.3) is 0 Å². The molecule has 1 N–H and O–H groups in total. The molecule has 1 rings (SSSR count). The molecule has 0 spiro atoms. The zero-order chi connectivity index (χ0) is 13.7. The van der Waals surface area contributed by atoms with E-state index >= 15 is 0 Å². The SMILES string of the molecule is COc1cccc(C(C(C)CC(=O)O)N(C)C)c1. The standard InChI is InChI=1S/C14H21NO3/c1-10(8-13(16)17)14(15(2)3)11-6-5-7-12(9-11)18-4/h5-7,9-10,14H,8H2,1-4H3,(H,16,17). The summed E-state index contributed by atoms with van der Waals surface area (Å²) in [6.45, 7) is 1.96. The Balaban J connectivity index is 2.99. The third kappa shape index (κ3) is 3.74. The van der Waals surface area contributed by atoms with Crippen molar-refractivity contribution in [2.45, 2.75) is 19.4 Å². The highest BCUT2D eigenvalue weighted by Crippen LogP contribution is 2.30. The summed E-state index contributed by atoms with van der Waals surface area (Å²) >= 11 is 0. The lowest BCUT2D eigenvalue weighted by atomic mass is 9.91. The van der Waals surface area contributed by atoms with Crippen LogP contribution in [0.1, 0.15) is 24.9 Å². The molecule has 100 valence electrons. The van der Waals surface area contributed by atoms with Crippen LogP contribution in [0.5, 0.6) is 5.75 Å². The summed E-state index contributed by atoms with van der Waals surface area (Å²) in [6, 6.07) is 7.85. The predicted octanol–water partition coefficient (Wildman–Crippen LogP) is 2.41. The van der Waals surface area contributed by atoms with Crippen molar-refractivity contribution in [3.63, 3.8) is 0 Å². The largest absolute Gasteiger partial charge is 0.497 e. The molecule has 0 heterocycles. The number of carbonyl (C=O) groups is 1. The number of nitrogens with zero attached hydrogens (tertiary/aromatic N) is 1. The van der Waals surface area contributed by atoms with Gasteiger partial charge in [-0.1, -0.05) is 19.1 Å². The van der Waals surface area contributed by atoms with Gasteiger partial charge < -0.3 is 14.7 Å². The topological polar surface area (TPSA) is 49.8 Å². The molecule has 4 heteroatoms. The van der Waals surface area contributed by atoms with E-state index in [0.29, 0.717) is 0 Å². The van der Waals surface area contributed by atoms with E-state index < -0.39 is 5.97 Å². The number of methoxy groups -OCH3 is 1. The van der Waals surface area contributed by atoms with Gasteiger partial charge in [0.05, 0.1) is 7.11 Å². The molecule has 0 amide bonds. The van der Waals surface area contributed by atoms with E-state index in [4.69, 9.17) is 9.84 Å². The minimum absolute atomic E-state index is 0.0320. The van der Waals surface area contributed by atoms with Crippen LogP contribution in [-0.2, 0) is 4.79 Å². The highest BCUT2D eigenvalue weighted by molar-refractivity contribution is 5.67. The molecule has 2 atom stereocenters. The van der Waals surface area contributed by atoms with Crippen LogP contribution in [0.3, 0.4) is 0 Å². The fraction of sp³-hybridized carbons (Fsp3) is 0.500. The van der Waals surface area contributed by atoms with Crippen LogP contribution in [-0.4, -0.2) is 37.2 Å². The van der Waals surface area contributed by atoms with Crippen molar-refractivity contribution in [1.29, 1.82) is 0 Å². The Morgan fingerprint density at radius 2 is 2.11 bits per heavy atom. The first-order chi connectivity index (χ1) is 8.45. The molecule has 18 heavy (non-hydrogen) atoms. The molecule has 0 aliphatic rings. The number of aliphatic carboxylic acids is 1. The molecule has 0 aliphatic heterocycles. The quantitative estimate of drug-likeness (QED) is 0.843. The Bertz CT molecular complexity index is 404. The first-order valence-electron chi connectivity index (χ1n) is 5.98. The molecule has 0 fully saturated rings. The van der Waals surface area contributed by atoms with Gasteiger partial charge in [0, 0.05) is 12.5 Å². The molecular formula is C14H21NO3. The number of benzene rings is 1. The normalized spacial score (nSPS) is 14.3. The lowest BCUT2D eigenvalue weighted by molar-refractivity contribution is -0.138. The first kappa shape index (κ1) is 14.5. The van der Waals surface area contributed by atoms with E-state index in [1.165, 1.54) is 0 Å². The third-order valence-electron chi connectivity index (χ3n) is 3.03. The number of hydrogen-bond donors (Lipinski definition) is 1. The smallest absolute Gasteiger partial charge is 0.303 e. The van der Waals surface area contributed by atoms with Crippen molar-refractivity contribution >= 4 is 5.97 Å². The average Bonchev–Trinajstić information content (AvgIpc) is 2.28. The van der Waals surface area contributed by atoms with Gasteiger partial charge in [-0.3, -0.25) is 4.79 Å². The van der Waals surface area contributed by atoms with Gasteiger partial charge in [-0.05, 0) is 37.7 Å². The van der Waals surface area contributed by atoms with E-state index in [9.17, 15) is 4.79 Å². The fourth-order valence-electron chi connectivity index (χ4n) is 2.35. The van der Waals surface area contributed by atoms with E-state index in [1.54, 1.807) is 7.11 Å². The van der Waals surface area contributed by atoms with Crippen molar-refractivity contribution in [3.8, 4) is 5.75 Å².